The maximum absolute atomic E-state index is 12.7. The van der Waals surface area contributed by atoms with Crippen LogP contribution < -0.4 is 5.32 Å². The molecule has 0 fully saturated rings. The molecule has 0 bridgehead atoms. The van der Waals surface area contributed by atoms with E-state index in [9.17, 15) is 14.9 Å². The van der Waals surface area contributed by atoms with E-state index in [1.807, 2.05) is 36.4 Å². The Bertz CT molecular complexity index is 1300. The lowest BCUT2D eigenvalue weighted by Crippen LogP contribution is -2.27. The van der Waals surface area contributed by atoms with E-state index >= 15 is 0 Å². The van der Waals surface area contributed by atoms with Gasteiger partial charge >= 0.3 is 5.82 Å². The largest absolute Gasteiger partial charge is 0.390 e. The maximum Gasteiger partial charge on any atom is 0.390 e. The second-order valence-corrected chi connectivity index (χ2v) is 7.89. The summed E-state index contributed by atoms with van der Waals surface area (Å²) < 4.78 is 3.80. The van der Waals surface area contributed by atoms with Crippen molar-refractivity contribution in [2.75, 3.05) is 6.54 Å². The number of benzene rings is 2. The highest BCUT2D eigenvalue weighted by molar-refractivity contribution is 5.99. The molecule has 4 aromatic rings. The van der Waals surface area contributed by atoms with Gasteiger partial charge in [0.1, 0.15) is 0 Å². The molecule has 0 radical (unpaired) electrons. The van der Waals surface area contributed by atoms with Gasteiger partial charge in [0.15, 0.2) is 0 Å². The molecule has 8 nitrogen and oxygen atoms in total. The van der Waals surface area contributed by atoms with Crippen LogP contribution >= 0.6 is 0 Å². The average molecular weight is 431 g/mol. The van der Waals surface area contributed by atoms with Crippen LogP contribution in [0.1, 0.15) is 32.9 Å². The number of hydrogen-bond acceptors (Lipinski definition) is 4. The minimum absolute atomic E-state index is 0.181. The van der Waals surface area contributed by atoms with Gasteiger partial charge in [0.05, 0.1) is 23.4 Å². The van der Waals surface area contributed by atoms with E-state index in [-0.39, 0.29) is 11.7 Å². The van der Waals surface area contributed by atoms with Gasteiger partial charge in [-0.3, -0.25) is 4.79 Å². The lowest BCUT2D eigenvalue weighted by molar-refractivity contribution is -0.389. The molecule has 1 N–H and O–H groups in total. The molecule has 1 amide bonds. The number of carbonyl (C=O) groups excluding carboxylic acids is 1. The van der Waals surface area contributed by atoms with Gasteiger partial charge in [-0.1, -0.05) is 30.3 Å². The van der Waals surface area contributed by atoms with E-state index in [1.54, 1.807) is 6.92 Å². The van der Waals surface area contributed by atoms with Crippen molar-refractivity contribution in [2.24, 2.45) is 0 Å². The van der Waals surface area contributed by atoms with E-state index < -0.39 is 4.92 Å². The summed E-state index contributed by atoms with van der Waals surface area (Å²) in [5.74, 6) is -0.371. The first-order chi connectivity index (χ1) is 15.3. The SMILES string of the molecule is Cc1c(C)n(Cc2ccccc2)c2ccc(C(=O)NCCn3nc([N+](=O)[O-])cc3C)cc12. The fraction of sp³-hybridized carbons (Fsp3) is 0.250. The second-order valence-electron chi connectivity index (χ2n) is 7.89. The van der Waals surface area contributed by atoms with Crippen molar-refractivity contribution in [2.45, 2.75) is 33.9 Å². The van der Waals surface area contributed by atoms with Crippen molar-refractivity contribution in [3.05, 3.63) is 92.8 Å². The molecule has 0 unspecified atom stereocenters. The van der Waals surface area contributed by atoms with Crippen molar-refractivity contribution < 1.29 is 9.72 Å². The molecule has 0 aliphatic carbocycles. The van der Waals surface area contributed by atoms with E-state index in [4.69, 9.17) is 0 Å². The van der Waals surface area contributed by atoms with Crippen LogP contribution in [0.2, 0.25) is 0 Å². The number of aromatic nitrogens is 3. The third kappa shape index (κ3) is 4.12. The van der Waals surface area contributed by atoms with E-state index in [1.165, 1.54) is 22.0 Å². The third-order valence-electron chi connectivity index (χ3n) is 5.85. The van der Waals surface area contributed by atoms with E-state index in [0.29, 0.717) is 24.3 Å². The van der Waals surface area contributed by atoms with Crippen LogP contribution in [0.5, 0.6) is 0 Å². The van der Waals surface area contributed by atoms with E-state index in [2.05, 4.69) is 41.0 Å². The summed E-state index contributed by atoms with van der Waals surface area (Å²) in [7, 11) is 0. The van der Waals surface area contributed by atoms with Crippen molar-refractivity contribution in [1.29, 1.82) is 0 Å². The Labute approximate surface area is 185 Å². The zero-order chi connectivity index (χ0) is 22.8. The number of nitrogens with zero attached hydrogens (tertiary/aromatic N) is 4. The maximum atomic E-state index is 12.7. The number of rotatable bonds is 7. The average Bonchev–Trinajstić information content (AvgIpc) is 3.27. The highest BCUT2D eigenvalue weighted by Gasteiger charge is 2.16. The number of fused-ring (bicyclic) bond motifs is 1. The number of aryl methyl sites for hydroxylation is 2. The molecule has 4 rings (SSSR count). The van der Waals surface area contributed by atoms with Crippen LogP contribution in [-0.4, -0.2) is 31.7 Å². The molecule has 32 heavy (non-hydrogen) atoms. The second kappa shape index (κ2) is 8.66. The standard InChI is InChI=1S/C24H25N5O3/c1-16-13-23(29(31)32)26-28(16)12-11-25-24(30)20-9-10-22-21(14-20)17(2)18(3)27(22)15-19-7-5-4-6-8-19/h4-10,13-14H,11-12,15H2,1-3H3,(H,25,30). The summed E-state index contributed by atoms with van der Waals surface area (Å²) in [4.78, 5) is 23.0. The van der Waals surface area contributed by atoms with Gasteiger partial charge < -0.3 is 20.0 Å². The van der Waals surface area contributed by atoms with Crippen LogP contribution in [-0.2, 0) is 13.1 Å². The van der Waals surface area contributed by atoms with Crippen molar-refractivity contribution in [3.63, 3.8) is 0 Å². The summed E-state index contributed by atoms with van der Waals surface area (Å²) in [6, 6.07) is 17.5. The Hall–Kier alpha value is -3.94. The monoisotopic (exact) mass is 431 g/mol. The molecule has 0 aliphatic rings. The van der Waals surface area contributed by atoms with Gasteiger partial charge in [-0.05, 0) is 55.0 Å². The Balaban J connectivity index is 1.49. The quantitative estimate of drug-likeness (QED) is 0.351. The molecular weight excluding hydrogens is 406 g/mol. The first-order valence-electron chi connectivity index (χ1n) is 10.5. The van der Waals surface area contributed by atoms with Crippen LogP contribution in [0.4, 0.5) is 5.82 Å². The molecular formula is C24H25N5O3. The van der Waals surface area contributed by atoms with Crippen molar-refractivity contribution >= 4 is 22.6 Å². The molecule has 0 saturated heterocycles. The van der Waals surface area contributed by atoms with E-state index in [0.717, 1.165) is 23.0 Å². The number of carbonyl (C=O) groups is 1. The Morgan fingerprint density at radius 2 is 1.84 bits per heavy atom. The lowest BCUT2D eigenvalue weighted by atomic mass is 10.1. The Morgan fingerprint density at radius 1 is 1.09 bits per heavy atom. The van der Waals surface area contributed by atoms with Gasteiger partial charge in [0.2, 0.25) is 0 Å². The molecule has 2 aromatic carbocycles. The molecule has 0 aliphatic heterocycles. The topological polar surface area (TPSA) is 95.0 Å². The van der Waals surface area contributed by atoms with Gasteiger partial charge in [0, 0.05) is 35.2 Å². The van der Waals surface area contributed by atoms with Crippen molar-refractivity contribution in [1.82, 2.24) is 19.7 Å². The minimum Gasteiger partial charge on any atom is -0.358 e. The molecule has 0 saturated carbocycles. The Morgan fingerprint density at radius 3 is 2.53 bits per heavy atom. The zero-order valence-electron chi connectivity index (χ0n) is 18.3. The molecule has 0 atom stereocenters. The summed E-state index contributed by atoms with van der Waals surface area (Å²) in [5.41, 5.74) is 5.92. The Kier molecular flexibility index (Phi) is 5.77. The lowest BCUT2D eigenvalue weighted by Gasteiger charge is -2.09. The smallest absolute Gasteiger partial charge is 0.358 e. The fourth-order valence-electron chi connectivity index (χ4n) is 3.95. The molecule has 2 aromatic heterocycles. The molecule has 2 heterocycles. The zero-order valence-corrected chi connectivity index (χ0v) is 18.3. The number of hydrogen-bond donors (Lipinski definition) is 1. The van der Waals surface area contributed by atoms with Gasteiger partial charge in [-0.2, -0.15) is 4.68 Å². The highest BCUT2D eigenvalue weighted by Crippen LogP contribution is 2.27. The summed E-state index contributed by atoms with van der Waals surface area (Å²) in [5, 5.41) is 18.7. The normalized spacial score (nSPS) is 11.1. The van der Waals surface area contributed by atoms with Gasteiger partial charge in [-0.15, -0.1) is 0 Å². The first-order valence-corrected chi connectivity index (χ1v) is 10.5. The third-order valence-corrected chi connectivity index (χ3v) is 5.85. The highest BCUT2D eigenvalue weighted by atomic mass is 16.6. The minimum atomic E-state index is -0.522. The first kappa shape index (κ1) is 21.3. The van der Waals surface area contributed by atoms with Crippen molar-refractivity contribution in [3.8, 4) is 0 Å². The van der Waals surface area contributed by atoms with Gasteiger partial charge in [0.25, 0.3) is 5.91 Å². The molecule has 8 heteroatoms. The van der Waals surface area contributed by atoms with Gasteiger partial charge in [-0.25, -0.2) is 0 Å². The van der Waals surface area contributed by atoms with Crippen LogP contribution in [0.25, 0.3) is 10.9 Å². The van der Waals surface area contributed by atoms with Crippen LogP contribution in [0.15, 0.2) is 54.6 Å². The number of nitro groups is 1. The number of amides is 1. The summed E-state index contributed by atoms with van der Waals surface area (Å²) >= 11 is 0. The summed E-state index contributed by atoms with van der Waals surface area (Å²) in [6.45, 7) is 7.39. The van der Waals surface area contributed by atoms with Crippen LogP contribution in [0, 0.1) is 30.9 Å². The molecule has 164 valence electrons. The number of nitrogens with one attached hydrogen (secondary N) is 1. The molecule has 0 spiro atoms. The predicted molar refractivity (Wildman–Crippen MR) is 123 cm³/mol. The summed E-state index contributed by atoms with van der Waals surface area (Å²) in [6.07, 6.45) is 0. The van der Waals surface area contributed by atoms with Crippen LogP contribution in [0.3, 0.4) is 0 Å². The predicted octanol–water partition coefficient (Wildman–Crippen LogP) is 4.15. The fourth-order valence-corrected chi connectivity index (χ4v) is 3.95.